The van der Waals surface area contributed by atoms with Gasteiger partial charge in [0.1, 0.15) is 0 Å². The van der Waals surface area contributed by atoms with Gasteiger partial charge in [-0.3, -0.25) is 29.0 Å². The zero-order valence-electron chi connectivity index (χ0n) is 38.9. The van der Waals surface area contributed by atoms with Crippen LogP contribution in [0.1, 0.15) is 101 Å². The Balaban J connectivity index is 0. The summed E-state index contributed by atoms with van der Waals surface area (Å²) in [6, 6.07) is 0. The smallest absolute Gasteiger partial charge is 0.306 e. The normalized spacial score (nSPS) is 21.4. The number of nitrogens with one attached hydrogen (secondary N) is 2. The second kappa shape index (κ2) is 35.0. The molecular formula is C39H79N5O10. The number of carbonyl (C=O) groups is 4. The Kier molecular flexibility index (Phi) is 29.8. The Morgan fingerprint density at radius 1 is 0.759 bits per heavy atom. The molecule has 15 nitrogen and oxygen atoms in total. The van der Waals surface area contributed by atoms with Crippen LogP contribution in [0.2, 0.25) is 0 Å². The number of amides is 2. The van der Waals surface area contributed by atoms with Crippen LogP contribution in [0.3, 0.4) is 0 Å². The molecule has 2 heterocycles. The van der Waals surface area contributed by atoms with Crippen molar-refractivity contribution >= 4 is 23.8 Å². The summed E-state index contributed by atoms with van der Waals surface area (Å²) in [6.45, 7) is 12.1. The summed E-state index contributed by atoms with van der Waals surface area (Å²) in [6.07, 6.45) is 8.07. The summed E-state index contributed by atoms with van der Waals surface area (Å²) in [5.41, 5.74) is 0. The van der Waals surface area contributed by atoms with E-state index < -0.39 is 0 Å². The molecular weight excluding hydrogens is 698 g/mol. The van der Waals surface area contributed by atoms with E-state index in [1.165, 1.54) is 14.2 Å². The van der Waals surface area contributed by atoms with Crippen LogP contribution in [0, 0.1) is 5.92 Å². The Hall–Kier alpha value is -2.40. The van der Waals surface area contributed by atoms with Gasteiger partial charge in [-0.05, 0) is 112 Å². The van der Waals surface area contributed by atoms with Gasteiger partial charge in [-0.25, -0.2) is 0 Å². The number of morpholine rings is 2. The van der Waals surface area contributed by atoms with Crippen molar-refractivity contribution in [2.24, 2.45) is 5.92 Å². The molecule has 2 amide bonds. The first-order valence-electron chi connectivity index (χ1n) is 21.6. The Morgan fingerprint density at radius 2 is 1.22 bits per heavy atom. The minimum atomic E-state index is -0.311. The van der Waals surface area contributed by atoms with Crippen LogP contribution in [0.4, 0.5) is 0 Å². The van der Waals surface area contributed by atoms with Crippen molar-refractivity contribution in [1.29, 1.82) is 2.86 Å². The van der Waals surface area contributed by atoms with Crippen molar-refractivity contribution in [1.82, 2.24) is 25.3 Å². The van der Waals surface area contributed by atoms with Crippen LogP contribution in [-0.4, -0.2) is 177 Å². The summed E-state index contributed by atoms with van der Waals surface area (Å²) in [7, 11) is 9.83. The van der Waals surface area contributed by atoms with Gasteiger partial charge in [0.2, 0.25) is 14.7 Å². The molecule has 2 rings (SSSR count). The summed E-state index contributed by atoms with van der Waals surface area (Å²) >= 11 is 0. The van der Waals surface area contributed by atoms with Crippen LogP contribution in [0.5, 0.6) is 0 Å². The van der Waals surface area contributed by atoms with Gasteiger partial charge in [-0.1, -0.05) is 0 Å². The minimum Gasteiger partial charge on any atom is -0.466 e. The molecule has 0 bridgehead atoms. The lowest BCUT2D eigenvalue weighted by Gasteiger charge is -2.35. The highest BCUT2D eigenvalue weighted by Gasteiger charge is 2.23. The zero-order valence-corrected chi connectivity index (χ0v) is 34.9. The van der Waals surface area contributed by atoms with E-state index in [4.69, 9.17) is 24.6 Å². The monoisotopic (exact) mass is 784 g/mol. The first-order chi connectivity index (χ1) is 27.7. The van der Waals surface area contributed by atoms with E-state index in [0.717, 1.165) is 90.8 Å². The van der Waals surface area contributed by atoms with Gasteiger partial charge < -0.3 is 44.7 Å². The Morgan fingerprint density at radius 3 is 1.70 bits per heavy atom. The first-order valence-corrected chi connectivity index (χ1v) is 19.4. The molecule has 0 aromatic carbocycles. The number of hydrogen-bond donors (Lipinski definition) is 4. The summed E-state index contributed by atoms with van der Waals surface area (Å²) in [4.78, 5) is 52.5. The molecule has 0 spiro atoms. The first kappa shape index (κ1) is 46.0. The minimum absolute atomic E-state index is 0.0101. The van der Waals surface area contributed by atoms with Crippen molar-refractivity contribution < 1.29 is 51.1 Å². The Bertz CT molecular complexity index is 1040. The molecule has 2 aliphatic rings. The van der Waals surface area contributed by atoms with Crippen LogP contribution in [-0.2, 0) is 38.1 Å². The fourth-order valence-corrected chi connectivity index (χ4v) is 6.09. The lowest BCUT2D eigenvalue weighted by atomic mass is 9.98. The van der Waals surface area contributed by atoms with Gasteiger partial charge >= 0.3 is 11.9 Å². The number of hydrogen-bond acceptors (Lipinski definition) is 13. The van der Waals surface area contributed by atoms with Crippen molar-refractivity contribution in [3.63, 3.8) is 0 Å². The topological polar surface area (TPSA) is 179 Å². The number of aliphatic hydroxyl groups is 2. The van der Waals surface area contributed by atoms with E-state index in [1.807, 2.05) is 6.92 Å². The third-order valence-electron chi connectivity index (χ3n) is 8.64. The maximum Gasteiger partial charge on any atom is 0.306 e. The molecule has 4 N–H and O–H groups in total. The predicted octanol–water partition coefficient (Wildman–Crippen LogP) is 2.46. The second-order valence-electron chi connectivity index (χ2n) is 13.9. The molecule has 54 heavy (non-hydrogen) atoms. The average molecular weight is 784 g/mol. The average Bonchev–Trinajstić information content (AvgIpc) is 3.19. The lowest BCUT2D eigenvalue weighted by molar-refractivity contribution is -0.146. The van der Waals surface area contributed by atoms with Gasteiger partial charge in [0.05, 0.1) is 50.5 Å². The highest BCUT2D eigenvalue weighted by Crippen LogP contribution is 2.18. The van der Waals surface area contributed by atoms with E-state index >= 15 is 0 Å². The maximum absolute atomic E-state index is 11.9. The van der Waals surface area contributed by atoms with E-state index in [1.54, 1.807) is 14.1 Å². The van der Waals surface area contributed by atoms with E-state index in [0.29, 0.717) is 32.9 Å². The fourth-order valence-electron chi connectivity index (χ4n) is 6.09. The van der Waals surface area contributed by atoms with Crippen LogP contribution >= 0.6 is 0 Å². The largest absolute Gasteiger partial charge is 0.466 e. The maximum atomic E-state index is 11.9. The molecule has 0 aromatic heterocycles. The number of nitrogens with zero attached hydrogens (tertiary/aromatic N) is 3. The third kappa shape index (κ3) is 30.9. The summed E-state index contributed by atoms with van der Waals surface area (Å²) < 4.78 is 48.4. The second-order valence-corrected chi connectivity index (χ2v) is 13.9. The van der Waals surface area contributed by atoms with Gasteiger partial charge in [0, 0.05) is 70.1 Å². The van der Waals surface area contributed by atoms with E-state index in [9.17, 15) is 19.2 Å². The number of ether oxygens (including phenoxy) is 4. The highest BCUT2D eigenvalue weighted by molar-refractivity contribution is 5.81. The lowest BCUT2D eigenvalue weighted by Crippen LogP contribution is -2.45. The standard InChI is InChI=1S/C21H41N3O4.C16H30N2O4.2CH4O/c1-17-14-24(15-18(2)28-17)13-7-9-19(8-6-12-23(4)5)16-27-21(26)11-10-20(25)22-3;1-13-11-18(12-14(2)22-13)9-5-4-6-10-21-16(20)8-7-15(19)17-3;2*1-2/h17-19H,6-16H2,1-5H3,(H,22,25);13-14H,4-12H2,1-3H3,(H,17,19);2*2H,1H3/i2*1D;2*2T. The SMILES string of the molecule is [2H]CC1CN(CCCC(CCCN(C)C)COC(=O)CCC(=O)NC)CC(C)O1.[2H]CC1CN(CCCCCOC(=O)CCC(=O)NC)CC(C)O1.[3H]OC.[3H]OC. The van der Waals surface area contributed by atoms with Gasteiger partial charge in [-0.2, -0.15) is 0 Å². The predicted molar refractivity (Wildman–Crippen MR) is 212 cm³/mol. The Labute approximate surface area is 332 Å². The molecule has 0 aliphatic carbocycles. The molecule has 2 aliphatic heterocycles. The van der Waals surface area contributed by atoms with Crippen molar-refractivity contribution in [3.8, 4) is 0 Å². The van der Waals surface area contributed by atoms with Crippen LogP contribution in [0.25, 0.3) is 0 Å². The molecule has 2 fully saturated rings. The van der Waals surface area contributed by atoms with E-state index in [2.05, 4.69) is 56.6 Å². The van der Waals surface area contributed by atoms with Gasteiger partial charge in [0.15, 0.2) is 0 Å². The van der Waals surface area contributed by atoms with Crippen LogP contribution in [0.15, 0.2) is 0 Å². The molecule has 320 valence electrons. The summed E-state index contributed by atoms with van der Waals surface area (Å²) in [5, 5.41) is 12.0. The number of aliphatic hydroxyl groups excluding tert-OH is 2. The quantitative estimate of drug-likeness (QED) is 0.0931. The zero-order chi connectivity index (χ0) is 44.1. The van der Waals surface area contributed by atoms with Crippen molar-refractivity contribution in [2.75, 3.05) is 101 Å². The van der Waals surface area contributed by atoms with Crippen LogP contribution < -0.4 is 10.6 Å². The molecule has 2 saturated heterocycles. The number of esters is 2. The van der Waals surface area contributed by atoms with Crippen molar-refractivity contribution in [3.05, 3.63) is 0 Å². The van der Waals surface area contributed by atoms with Gasteiger partial charge in [0.25, 0.3) is 0 Å². The number of unbranched alkanes of at least 4 members (excludes halogenated alkanes) is 2. The molecule has 5 atom stereocenters. The van der Waals surface area contributed by atoms with Gasteiger partial charge in [-0.15, -0.1) is 0 Å². The fraction of sp³-hybridized carbons (Fsp3) is 0.897. The number of rotatable bonds is 22. The van der Waals surface area contributed by atoms with E-state index in [-0.39, 0.29) is 73.9 Å². The molecule has 15 heteroatoms. The number of carbonyl (C=O) groups excluding carboxylic acids is 4. The molecule has 0 saturated carbocycles. The molecule has 0 aromatic rings. The molecule has 5 unspecified atom stereocenters. The third-order valence-corrected chi connectivity index (χ3v) is 8.64. The molecule has 0 radical (unpaired) electrons. The highest BCUT2D eigenvalue weighted by atomic mass is 16.5. The van der Waals surface area contributed by atoms with Crippen molar-refractivity contribution in [2.45, 2.75) is 123 Å². The summed E-state index contributed by atoms with van der Waals surface area (Å²) in [5.74, 6) is -0.562.